The van der Waals surface area contributed by atoms with Crippen LogP contribution in [0.3, 0.4) is 0 Å². The standard InChI is InChI=1S/C28H40N2O2/c1-3-5-7-8-9-11-12-22-14-19-26-24(20-22)21-29-28(30-26)23-15-17-25(18-16-23)32-27(31)13-10-6-4-2/h15-18,21-22H,3-14,19-20H2,1-2H3. The highest BCUT2D eigenvalue weighted by Crippen LogP contribution is 2.29. The van der Waals surface area contributed by atoms with Crippen molar-refractivity contribution >= 4 is 5.97 Å². The summed E-state index contributed by atoms with van der Waals surface area (Å²) >= 11 is 0. The minimum atomic E-state index is -0.160. The Morgan fingerprint density at radius 2 is 1.69 bits per heavy atom. The van der Waals surface area contributed by atoms with Crippen molar-refractivity contribution < 1.29 is 9.53 Å². The quantitative estimate of drug-likeness (QED) is 0.185. The summed E-state index contributed by atoms with van der Waals surface area (Å²) in [5.74, 6) is 1.98. The van der Waals surface area contributed by atoms with Gasteiger partial charge in [0.2, 0.25) is 0 Å². The van der Waals surface area contributed by atoms with E-state index < -0.39 is 0 Å². The molecule has 1 aromatic carbocycles. The molecule has 32 heavy (non-hydrogen) atoms. The van der Waals surface area contributed by atoms with Gasteiger partial charge in [-0.05, 0) is 61.4 Å². The van der Waals surface area contributed by atoms with E-state index in [1.165, 1.54) is 62.6 Å². The van der Waals surface area contributed by atoms with Crippen molar-refractivity contribution in [3.8, 4) is 17.1 Å². The lowest BCUT2D eigenvalue weighted by atomic mass is 9.84. The molecule has 3 rings (SSSR count). The molecule has 1 atom stereocenters. The normalized spacial score (nSPS) is 15.4. The Morgan fingerprint density at radius 3 is 2.47 bits per heavy atom. The van der Waals surface area contributed by atoms with Crippen LogP contribution in [0, 0.1) is 5.92 Å². The summed E-state index contributed by atoms with van der Waals surface area (Å²) in [6, 6.07) is 7.57. The number of carbonyl (C=O) groups excluding carboxylic acids is 1. The minimum Gasteiger partial charge on any atom is -0.427 e. The molecule has 0 N–H and O–H groups in total. The maximum atomic E-state index is 11.9. The van der Waals surface area contributed by atoms with Crippen LogP contribution in [0.15, 0.2) is 30.5 Å². The second-order valence-corrected chi connectivity index (χ2v) is 9.29. The zero-order valence-electron chi connectivity index (χ0n) is 20.1. The second-order valence-electron chi connectivity index (χ2n) is 9.29. The third kappa shape index (κ3) is 7.72. The highest BCUT2D eigenvalue weighted by Gasteiger charge is 2.20. The predicted molar refractivity (Wildman–Crippen MR) is 131 cm³/mol. The van der Waals surface area contributed by atoms with Gasteiger partial charge in [-0.2, -0.15) is 0 Å². The number of aryl methyl sites for hydroxylation is 1. The van der Waals surface area contributed by atoms with E-state index in [2.05, 4.69) is 18.8 Å². The first-order valence-electron chi connectivity index (χ1n) is 12.9. The maximum absolute atomic E-state index is 11.9. The maximum Gasteiger partial charge on any atom is 0.311 e. The van der Waals surface area contributed by atoms with E-state index in [-0.39, 0.29) is 5.97 Å². The molecule has 0 fully saturated rings. The van der Waals surface area contributed by atoms with Crippen molar-refractivity contribution in [3.63, 3.8) is 0 Å². The zero-order chi connectivity index (χ0) is 22.6. The average Bonchev–Trinajstić information content (AvgIpc) is 2.81. The number of ether oxygens (including phenoxy) is 1. The zero-order valence-corrected chi connectivity index (χ0v) is 20.1. The number of nitrogens with zero attached hydrogens (tertiary/aromatic N) is 2. The first kappa shape index (κ1) is 24.4. The summed E-state index contributed by atoms with van der Waals surface area (Å²) in [4.78, 5) is 21.4. The highest BCUT2D eigenvalue weighted by atomic mass is 16.5. The molecule has 1 aromatic heterocycles. The van der Waals surface area contributed by atoms with Gasteiger partial charge >= 0.3 is 5.97 Å². The third-order valence-corrected chi connectivity index (χ3v) is 6.55. The number of rotatable bonds is 13. The van der Waals surface area contributed by atoms with E-state index in [9.17, 15) is 4.79 Å². The number of aromatic nitrogens is 2. The van der Waals surface area contributed by atoms with Crippen LogP contribution < -0.4 is 4.74 Å². The van der Waals surface area contributed by atoms with E-state index in [1.54, 1.807) is 0 Å². The Balaban J connectivity index is 1.49. The van der Waals surface area contributed by atoms with Gasteiger partial charge in [0.1, 0.15) is 5.75 Å². The van der Waals surface area contributed by atoms with Crippen molar-refractivity contribution in [1.29, 1.82) is 0 Å². The molecule has 1 heterocycles. The fourth-order valence-electron chi connectivity index (χ4n) is 4.56. The molecule has 0 aliphatic heterocycles. The molecule has 4 heteroatoms. The first-order valence-corrected chi connectivity index (χ1v) is 12.9. The Labute approximate surface area is 194 Å². The predicted octanol–water partition coefficient (Wildman–Crippen LogP) is 7.48. The molecule has 0 spiro atoms. The number of unbranched alkanes of at least 4 members (excludes halogenated alkanes) is 7. The molecular formula is C28H40N2O2. The fraction of sp³-hybridized carbons (Fsp3) is 0.607. The summed E-state index contributed by atoms with van der Waals surface area (Å²) in [6.45, 7) is 4.40. The highest BCUT2D eigenvalue weighted by molar-refractivity contribution is 5.72. The van der Waals surface area contributed by atoms with E-state index in [1.807, 2.05) is 30.5 Å². The van der Waals surface area contributed by atoms with Gasteiger partial charge in [0.15, 0.2) is 5.82 Å². The molecular weight excluding hydrogens is 396 g/mol. The number of hydrogen-bond acceptors (Lipinski definition) is 4. The summed E-state index contributed by atoms with van der Waals surface area (Å²) < 4.78 is 5.43. The number of fused-ring (bicyclic) bond motifs is 1. The topological polar surface area (TPSA) is 52.1 Å². The van der Waals surface area contributed by atoms with Crippen LogP contribution in [-0.4, -0.2) is 15.9 Å². The lowest BCUT2D eigenvalue weighted by Gasteiger charge is -2.24. The number of benzene rings is 1. The van der Waals surface area contributed by atoms with Crippen LogP contribution in [0.4, 0.5) is 0 Å². The smallest absolute Gasteiger partial charge is 0.311 e. The van der Waals surface area contributed by atoms with Gasteiger partial charge in [-0.15, -0.1) is 0 Å². The molecule has 0 bridgehead atoms. The van der Waals surface area contributed by atoms with E-state index in [0.29, 0.717) is 12.2 Å². The molecule has 1 unspecified atom stereocenters. The van der Waals surface area contributed by atoms with Gasteiger partial charge in [-0.3, -0.25) is 4.79 Å². The number of carbonyl (C=O) groups is 1. The molecule has 1 aliphatic rings. The Hall–Kier alpha value is -2.23. The van der Waals surface area contributed by atoms with Gasteiger partial charge in [0.25, 0.3) is 0 Å². The van der Waals surface area contributed by atoms with Crippen LogP contribution in [0.1, 0.15) is 102 Å². The number of esters is 1. The van der Waals surface area contributed by atoms with Gasteiger partial charge in [-0.1, -0.05) is 71.6 Å². The number of hydrogen-bond donors (Lipinski definition) is 0. The molecule has 4 nitrogen and oxygen atoms in total. The molecule has 0 radical (unpaired) electrons. The lowest BCUT2D eigenvalue weighted by molar-refractivity contribution is -0.134. The van der Waals surface area contributed by atoms with Crippen molar-refractivity contribution in [2.24, 2.45) is 5.92 Å². The van der Waals surface area contributed by atoms with Crippen LogP contribution in [-0.2, 0) is 17.6 Å². The second kappa shape index (κ2) is 13.3. The molecule has 2 aromatic rings. The largest absolute Gasteiger partial charge is 0.427 e. The molecule has 0 saturated carbocycles. The van der Waals surface area contributed by atoms with Gasteiger partial charge in [0.05, 0.1) is 0 Å². The molecule has 0 amide bonds. The van der Waals surface area contributed by atoms with Crippen molar-refractivity contribution in [2.75, 3.05) is 0 Å². The van der Waals surface area contributed by atoms with Crippen LogP contribution >= 0.6 is 0 Å². The van der Waals surface area contributed by atoms with Gasteiger partial charge in [0, 0.05) is 23.9 Å². The molecule has 0 saturated heterocycles. The van der Waals surface area contributed by atoms with Crippen molar-refractivity contribution in [2.45, 2.75) is 104 Å². The van der Waals surface area contributed by atoms with Crippen molar-refractivity contribution in [3.05, 3.63) is 41.7 Å². The summed E-state index contributed by atoms with van der Waals surface area (Å²) in [6.07, 6.45) is 18.5. The SMILES string of the molecule is CCCCCCCCC1CCc2nc(-c3ccc(OC(=O)CCCCC)cc3)ncc2C1. The fourth-order valence-corrected chi connectivity index (χ4v) is 4.56. The van der Waals surface area contributed by atoms with Gasteiger partial charge < -0.3 is 4.74 Å². The lowest BCUT2D eigenvalue weighted by Crippen LogP contribution is -2.16. The minimum absolute atomic E-state index is 0.160. The van der Waals surface area contributed by atoms with Crippen molar-refractivity contribution in [1.82, 2.24) is 9.97 Å². The van der Waals surface area contributed by atoms with Gasteiger partial charge in [-0.25, -0.2) is 9.97 Å². The monoisotopic (exact) mass is 436 g/mol. The Kier molecular flexibility index (Phi) is 10.2. The van der Waals surface area contributed by atoms with E-state index in [4.69, 9.17) is 9.72 Å². The Bertz CT molecular complexity index is 832. The first-order chi connectivity index (χ1) is 15.7. The van der Waals surface area contributed by atoms with Crippen LogP contribution in [0.5, 0.6) is 5.75 Å². The Morgan fingerprint density at radius 1 is 0.969 bits per heavy atom. The van der Waals surface area contributed by atoms with Crippen LogP contribution in [0.25, 0.3) is 11.4 Å². The van der Waals surface area contributed by atoms with Crippen LogP contribution in [0.2, 0.25) is 0 Å². The van der Waals surface area contributed by atoms with E-state index >= 15 is 0 Å². The summed E-state index contributed by atoms with van der Waals surface area (Å²) in [5, 5.41) is 0. The average molecular weight is 437 g/mol. The summed E-state index contributed by atoms with van der Waals surface area (Å²) in [5.41, 5.74) is 3.50. The van der Waals surface area contributed by atoms with E-state index in [0.717, 1.165) is 49.4 Å². The third-order valence-electron chi connectivity index (χ3n) is 6.55. The molecule has 174 valence electrons. The summed E-state index contributed by atoms with van der Waals surface area (Å²) in [7, 11) is 0. The molecule has 1 aliphatic carbocycles.